The minimum atomic E-state index is -0.281. The number of fused-ring (bicyclic) bond motifs is 1. The maximum absolute atomic E-state index is 12.7. The Balaban J connectivity index is 1.22. The molecule has 3 aromatic carbocycles. The molecule has 34 heavy (non-hydrogen) atoms. The lowest BCUT2D eigenvalue weighted by molar-refractivity contribution is 0.0949. The summed E-state index contributed by atoms with van der Waals surface area (Å²) in [5.41, 5.74) is 5.41. The highest BCUT2D eigenvalue weighted by atomic mass is 16.2. The Morgan fingerprint density at radius 3 is 2.47 bits per heavy atom. The number of rotatable bonds is 6. The summed E-state index contributed by atoms with van der Waals surface area (Å²) in [7, 11) is 0. The van der Waals surface area contributed by atoms with E-state index in [-0.39, 0.29) is 11.8 Å². The second-order valence-electron chi connectivity index (χ2n) is 7.73. The number of hydrogen-bond acceptors (Lipinski definition) is 4. The van der Waals surface area contributed by atoms with E-state index in [0.717, 1.165) is 22.3 Å². The Kier molecular flexibility index (Phi) is 5.82. The van der Waals surface area contributed by atoms with E-state index in [1.165, 1.54) is 6.20 Å². The van der Waals surface area contributed by atoms with Gasteiger partial charge in [-0.2, -0.15) is 0 Å². The van der Waals surface area contributed by atoms with Crippen LogP contribution in [0.3, 0.4) is 0 Å². The van der Waals surface area contributed by atoms with Crippen LogP contribution in [-0.4, -0.2) is 26.3 Å². The SMILES string of the molecule is O=C(NCc1ccc(-n2cnc3ccccc32)cc1)c1cccc(NC(=O)c2cccnc2)c1. The van der Waals surface area contributed by atoms with Gasteiger partial charge >= 0.3 is 0 Å². The molecule has 0 atom stereocenters. The molecule has 0 bridgehead atoms. The number of carbonyl (C=O) groups excluding carboxylic acids is 2. The molecule has 0 aliphatic rings. The van der Waals surface area contributed by atoms with Crippen molar-refractivity contribution >= 4 is 28.5 Å². The van der Waals surface area contributed by atoms with Crippen LogP contribution in [0.25, 0.3) is 16.7 Å². The van der Waals surface area contributed by atoms with Gasteiger partial charge in [0.1, 0.15) is 6.33 Å². The standard InChI is InChI=1S/C27H21N5O2/c33-26(20-5-3-7-22(15-20)31-27(34)21-6-4-14-28-17-21)29-16-19-10-12-23(13-11-19)32-18-30-24-8-1-2-9-25(24)32/h1-15,17-18H,16H2,(H,29,33)(H,31,34). The number of para-hydroxylation sites is 2. The van der Waals surface area contributed by atoms with E-state index in [1.54, 1.807) is 42.6 Å². The lowest BCUT2D eigenvalue weighted by atomic mass is 10.1. The number of carbonyl (C=O) groups is 2. The van der Waals surface area contributed by atoms with Crippen molar-refractivity contribution in [3.05, 3.63) is 120 Å². The maximum atomic E-state index is 12.7. The molecule has 0 aliphatic heterocycles. The summed E-state index contributed by atoms with van der Waals surface area (Å²) in [5, 5.41) is 5.72. The van der Waals surface area contributed by atoms with Gasteiger partial charge in [0.2, 0.25) is 0 Å². The zero-order valence-electron chi connectivity index (χ0n) is 18.2. The molecule has 0 radical (unpaired) electrons. The fraction of sp³-hybridized carbons (Fsp3) is 0.0370. The van der Waals surface area contributed by atoms with Gasteiger partial charge in [0, 0.05) is 35.9 Å². The van der Waals surface area contributed by atoms with Crippen LogP contribution in [0.15, 0.2) is 104 Å². The number of nitrogens with zero attached hydrogens (tertiary/aromatic N) is 3. The molecule has 5 rings (SSSR count). The molecule has 2 aromatic heterocycles. The number of nitrogens with one attached hydrogen (secondary N) is 2. The van der Waals surface area contributed by atoms with E-state index in [9.17, 15) is 9.59 Å². The molecule has 0 unspecified atom stereocenters. The molecule has 2 amide bonds. The maximum Gasteiger partial charge on any atom is 0.257 e. The van der Waals surface area contributed by atoms with Crippen LogP contribution in [0.2, 0.25) is 0 Å². The predicted molar refractivity (Wildman–Crippen MR) is 131 cm³/mol. The molecule has 166 valence electrons. The summed E-state index contributed by atoms with van der Waals surface area (Å²) < 4.78 is 2.03. The van der Waals surface area contributed by atoms with Crippen molar-refractivity contribution in [2.75, 3.05) is 5.32 Å². The Labute approximate surface area is 196 Å². The molecule has 0 saturated heterocycles. The van der Waals surface area contributed by atoms with E-state index in [4.69, 9.17) is 0 Å². The first-order valence-corrected chi connectivity index (χ1v) is 10.8. The van der Waals surface area contributed by atoms with Gasteiger partial charge < -0.3 is 10.6 Å². The predicted octanol–water partition coefficient (Wildman–Crippen LogP) is 4.60. The van der Waals surface area contributed by atoms with Gasteiger partial charge in [-0.1, -0.05) is 30.3 Å². The largest absolute Gasteiger partial charge is 0.348 e. The number of benzene rings is 3. The average molecular weight is 447 g/mol. The van der Waals surface area contributed by atoms with E-state index in [0.29, 0.717) is 23.4 Å². The fourth-order valence-corrected chi connectivity index (χ4v) is 3.66. The highest BCUT2D eigenvalue weighted by molar-refractivity contribution is 6.04. The highest BCUT2D eigenvalue weighted by Crippen LogP contribution is 2.18. The van der Waals surface area contributed by atoms with Crippen molar-refractivity contribution in [2.45, 2.75) is 6.54 Å². The summed E-state index contributed by atoms with van der Waals surface area (Å²) in [5.74, 6) is -0.501. The van der Waals surface area contributed by atoms with Gasteiger partial charge in [0.15, 0.2) is 0 Å². The summed E-state index contributed by atoms with van der Waals surface area (Å²) in [6.07, 6.45) is 4.91. The molecular formula is C27H21N5O2. The van der Waals surface area contributed by atoms with Crippen molar-refractivity contribution in [2.24, 2.45) is 0 Å². The zero-order valence-corrected chi connectivity index (χ0v) is 18.2. The van der Waals surface area contributed by atoms with Crippen molar-refractivity contribution in [1.82, 2.24) is 19.9 Å². The third kappa shape index (κ3) is 4.54. The van der Waals surface area contributed by atoms with E-state index in [1.807, 2.05) is 59.4 Å². The quantitative estimate of drug-likeness (QED) is 0.398. The molecule has 2 heterocycles. The van der Waals surface area contributed by atoms with Gasteiger partial charge in [0.05, 0.1) is 16.6 Å². The normalized spacial score (nSPS) is 10.7. The fourth-order valence-electron chi connectivity index (χ4n) is 3.66. The Hall–Kier alpha value is -4.78. The van der Waals surface area contributed by atoms with Gasteiger partial charge in [-0.3, -0.25) is 19.1 Å². The number of anilines is 1. The van der Waals surface area contributed by atoms with Crippen molar-refractivity contribution in [3.63, 3.8) is 0 Å². The molecule has 0 fully saturated rings. The lowest BCUT2D eigenvalue weighted by Gasteiger charge is -2.09. The number of imidazole rings is 1. The van der Waals surface area contributed by atoms with E-state index >= 15 is 0 Å². The zero-order chi connectivity index (χ0) is 23.3. The molecule has 7 nitrogen and oxygen atoms in total. The minimum absolute atomic E-state index is 0.220. The molecule has 7 heteroatoms. The Morgan fingerprint density at radius 2 is 1.65 bits per heavy atom. The van der Waals surface area contributed by atoms with Crippen LogP contribution in [0.5, 0.6) is 0 Å². The molecule has 2 N–H and O–H groups in total. The summed E-state index contributed by atoms with van der Waals surface area (Å²) >= 11 is 0. The first-order chi connectivity index (χ1) is 16.7. The van der Waals surface area contributed by atoms with Gasteiger partial charge in [-0.05, 0) is 60.2 Å². The average Bonchev–Trinajstić information content (AvgIpc) is 3.32. The summed E-state index contributed by atoms with van der Waals surface area (Å²) in [4.78, 5) is 33.4. The van der Waals surface area contributed by atoms with E-state index < -0.39 is 0 Å². The number of pyridine rings is 1. The third-order valence-corrected chi connectivity index (χ3v) is 5.43. The van der Waals surface area contributed by atoms with Crippen molar-refractivity contribution < 1.29 is 9.59 Å². The third-order valence-electron chi connectivity index (χ3n) is 5.43. The van der Waals surface area contributed by atoms with E-state index in [2.05, 4.69) is 20.6 Å². The van der Waals surface area contributed by atoms with Crippen LogP contribution in [-0.2, 0) is 6.54 Å². The second-order valence-corrected chi connectivity index (χ2v) is 7.73. The first kappa shape index (κ1) is 21.1. The summed E-state index contributed by atoms with van der Waals surface area (Å²) in [6, 6.07) is 26.2. The molecule has 0 saturated carbocycles. The van der Waals surface area contributed by atoms with Crippen molar-refractivity contribution in [1.29, 1.82) is 0 Å². The van der Waals surface area contributed by atoms with Crippen molar-refractivity contribution in [3.8, 4) is 5.69 Å². The second kappa shape index (κ2) is 9.38. The highest BCUT2D eigenvalue weighted by Gasteiger charge is 2.10. The topological polar surface area (TPSA) is 88.9 Å². The molecule has 0 aliphatic carbocycles. The Bertz CT molecular complexity index is 1460. The van der Waals surface area contributed by atoms with Crippen LogP contribution in [0, 0.1) is 0 Å². The van der Waals surface area contributed by atoms with Crippen LogP contribution >= 0.6 is 0 Å². The van der Waals surface area contributed by atoms with Gasteiger partial charge in [-0.15, -0.1) is 0 Å². The monoisotopic (exact) mass is 447 g/mol. The Morgan fingerprint density at radius 1 is 0.824 bits per heavy atom. The van der Waals surface area contributed by atoms with Crippen LogP contribution in [0.4, 0.5) is 5.69 Å². The van der Waals surface area contributed by atoms with Crippen LogP contribution in [0.1, 0.15) is 26.3 Å². The molecule has 5 aromatic rings. The minimum Gasteiger partial charge on any atom is -0.348 e. The first-order valence-electron chi connectivity index (χ1n) is 10.8. The number of aromatic nitrogens is 3. The molecular weight excluding hydrogens is 426 g/mol. The van der Waals surface area contributed by atoms with Crippen LogP contribution < -0.4 is 10.6 Å². The lowest BCUT2D eigenvalue weighted by Crippen LogP contribution is -2.23. The van der Waals surface area contributed by atoms with Gasteiger partial charge in [-0.25, -0.2) is 4.98 Å². The van der Waals surface area contributed by atoms with Gasteiger partial charge in [0.25, 0.3) is 11.8 Å². The number of hydrogen-bond donors (Lipinski definition) is 2. The number of amides is 2. The smallest absolute Gasteiger partial charge is 0.257 e. The summed E-state index contributed by atoms with van der Waals surface area (Å²) in [6.45, 7) is 0.385. The molecule has 0 spiro atoms.